The first kappa shape index (κ1) is 19.2. The standard InChI is InChI=1S/C23H26OP2/c1-18(21-16-11-17-22(21)26(24)23(2,3)4)25(19-12-7-5-8-13-19)20-14-9-6-10-15-20/h5-18H,1-4H3. The Morgan fingerprint density at radius 3 is 1.85 bits per heavy atom. The van der Waals surface area contributed by atoms with E-state index < -0.39 is 15.7 Å². The predicted molar refractivity (Wildman–Crippen MR) is 117 cm³/mol. The summed E-state index contributed by atoms with van der Waals surface area (Å²) in [4.78, 5) is 13.1. The molecule has 0 saturated heterocycles. The van der Waals surface area contributed by atoms with Crippen LogP contribution in [-0.2, 0) is 0 Å². The van der Waals surface area contributed by atoms with Gasteiger partial charge in [0.15, 0.2) is 0 Å². The summed E-state index contributed by atoms with van der Waals surface area (Å²) in [5.74, 6) is 0. The molecule has 0 heterocycles. The molecule has 134 valence electrons. The van der Waals surface area contributed by atoms with Crippen molar-refractivity contribution in [3.63, 3.8) is 0 Å². The molecule has 0 N–H and O–H groups in total. The van der Waals surface area contributed by atoms with Gasteiger partial charge in [0.2, 0.25) is 0 Å². The molecular weight excluding hydrogens is 354 g/mol. The van der Waals surface area contributed by atoms with Crippen molar-refractivity contribution < 1.29 is 4.89 Å². The van der Waals surface area contributed by atoms with Crippen LogP contribution in [0, 0.1) is 0 Å². The van der Waals surface area contributed by atoms with E-state index in [1.807, 2.05) is 0 Å². The lowest BCUT2D eigenvalue weighted by Crippen LogP contribution is -2.25. The van der Waals surface area contributed by atoms with Gasteiger partial charge in [-0.3, -0.25) is 0 Å². The molecule has 0 spiro atoms. The molecule has 0 bridgehead atoms. The van der Waals surface area contributed by atoms with Crippen LogP contribution in [0.2, 0.25) is 0 Å². The second-order valence-electron chi connectivity index (χ2n) is 7.55. The Bertz CT molecular complexity index is 803. The van der Waals surface area contributed by atoms with E-state index in [0.29, 0.717) is 5.66 Å². The van der Waals surface area contributed by atoms with Crippen molar-refractivity contribution in [2.45, 2.75) is 38.5 Å². The second-order valence-corrected chi connectivity index (χ2v) is 12.5. The third-order valence-corrected chi connectivity index (χ3v) is 9.38. The van der Waals surface area contributed by atoms with E-state index in [1.54, 1.807) is 0 Å². The number of hydrogen-bond donors (Lipinski definition) is 0. The zero-order valence-electron chi connectivity index (χ0n) is 15.9. The Balaban J connectivity index is 2.06. The Labute approximate surface area is 159 Å². The van der Waals surface area contributed by atoms with Crippen LogP contribution in [0.15, 0.2) is 84.5 Å². The zero-order chi connectivity index (χ0) is 18.7. The maximum absolute atomic E-state index is 13.1. The average molecular weight is 380 g/mol. The fourth-order valence-corrected chi connectivity index (χ4v) is 7.47. The summed E-state index contributed by atoms with van der Waals surface area (Å²) in [5, 5.41) is 3.53. The highest BCUT2D eigenvalue weighted by atomic mass is 31.1. The lowest BCUT2D eigenvalue weighted by atomic mass is 10.2. The average Bonchev–Trinajstić information content (AvgIpc) is 3.12. The minimum absolute atomic E-state index is 0.222. The minimum Gasteiger partial charge on any atom is -0.630 e. The van der Waals surface area contributed by atoms with Gasteiger partial charge in [-0.1, -0.05) is 79.7 Å². The molecule has 2 aromatic rings. The number of hydrogen-bond acceptors (Lipinski definition) is 1. The van der Waals surface area contributed by atoms with E-state index >= 15 is 0 Å². The lowest BCUT2D eigenvalue weighted by molar-refractivity contribution is -0.156. The van der Waals surface area contributed by atoms with Crippen LogP contribution in [-0.4, -0.2) is 16.1 Å². The van der Waals surface area contributed by atoms with E-state index in [2.05, 4.69) is 107 Å². The van der Waals surface area contributed by atoms with Gasteiger partial charge < -0.3 is 4.89 Å². The number of rotatable bonds is 4. The van der Waals surface area contributed by atoms with Gasteiger partial charge in [-0.25, -0.2) is 0 Å². The molecule has 0 radical (unpaired) electrons. The molecule has 0 amide bonds. The van der Waals surface area contributed by atoms with E-state index in [1.165, 1.54) is 16.2 Å². The molecular formula is C23H26OP2. The van der Waals surface area contributed by atoms with Crippen molar-refractivity contribution in [2.75, 3.05) is 0 Å². The molecule has 2 aromatic carbocycles. The molecule has 2 unspecified atom stereocenters. The maximum atomic E-state index is 13.1. The van der Waals surface area contributed by atoms with Gasteiger partial charge in [-0.15, -0.1) is 0 Å². The van der Waals surface area contributed by atoms with E-state index in [-0.39, 0.29) is 5.16 Å². The third-order valence-electron chi connectivity index (χ3n) is 4.56. The van der Waals surface area contributed by atoms with Crippen molar-refractivity contribution in [1.82, 2.24) is 0 Å². The lowest BCUT2D eigenvalue weighted by Gasteiger charge is -2.28. The van der Waals surface area contributed by atoms with Crippen LogP contribution in [0.5, 0.6) is 0 Å². The van der Waals surface area contributed by atoms with Crippen LogP contribution < -0.4 is 15.5 Å². The molecule has 3 heteroatoms. The molecule has 0 aromatic heterocycles. The fraction of sp³-hybridized carbons (Fsp3) is 0.261. The van der Waals surface area contributed by atoms with Crippen molar-refractivity contribution in [2.24, 2.45) is 0 Å². The van der Waals surface area contributed by atoms with Crippen LogP contribution in [0.4, 0.5) is 0 Å². The summed E-state index contributed by atoms with van der Waals surface area (Å²) < 4.78 is 0. The monoisotopic (exact) mass is 380 g/mol. The Morgan fingerprint density at radius 1 is 0.885 bits per heavy atom. The third kappa shape index (κ3) is 4.07. The van der Waals surface area contributed by atoms with Crippen molar-refractivity contribution in [1.29, 1.82) is 0 Å². The molecule has 0 saturated carbocycles. The Morgan fingerprint density at radius 2 is 1.38 bits per heavy atom. The SMILES string of the molecule is CC(C1=CC=CC1=[P+]([O-])C(C)(C)C)P(c1ccccc1)c1ccccc1. The first-order valence-corrected chi connectivity index (χ1v) is 11.7. The van der Waals surface area contributed by atoms with Crippen LogP contribution in [0.3, 0.4) is 0 Å². The van der Waals surface area contributed by atoms with Crippen LogP contribution >= 0.6 is 15.7 Å². The van der Waals surface area contributed by atoms with Gasteiger partial charge >= 0.3 is 0 Å². The fourth-order valence-electron chi connectivity index (χ4n) is 3.24. The molecule has 0 aliphatic heterocycles. The second kappa shape index (κ2) is 8.01. The highest BCUT2D eigenvalue weighted by Gasteiger charge is 2.33. The zero-order valence-corrected chi connectivity index (χ0v) is 17.7. The first-order chi connectivity index (χ1) is 12.4. The molecule has 1 aliphatic carbocycles. The summed E-state index contributed by atoms with van der Waals surface area (Å²) in [7, 11) is -2.00. The van der Waals surface area contributed by atoms with Crippen molar-refractivity contribution in [3.8, 4) is 0 Å². The smallest absolute Gasteiger partial charge is 0.144 e. The largest absolute Gasteiger partial charge is 0.630 e. The molecule has 1 nitrogen and oxygen atoms in total. The molecule has 1 aliphatic rings. The van der Waals surface area contributed by atoms with E-state index in [0.717, 1.165) is 5.29 Å². The normalized spacial score (nSPS) is 17.4. The van der Waals surface area contributed by atoms with Gasteiger partial charge in [0, 0.05) is 11.2 Å². The quantitative estimate of drug-likeness (QED) is 0.703. The first-order valence-electron chi connectivity index (χ1n) is 9.02. The molecule has 0 fully saturated rings. The van der Waals surface area contributed by atoms with Gasteiger partial charge in [-0.2, -0.15) is 0 Å². The van der Waals surface area contributed by atoms with E-state index in [4.69, 9.17) is 0 Å². The topological polar surface area (TPSA) is 23.1 Å². The highest BCUT2D eigenvalue weighted by molar-refractivity contribution is 7.74. The van der Waals surface area contributed by atoms with Crippen molar-refractivity contribution >= 4 is 31.6 Å². The maximum Gasteiger partial charge on any atom is 0.144 e. The summed E-state index contributed by atoms with van der Waals surface area (Å²) in [6, 6.07) is 21.5. The summed E-state index contributed by atoms with van der Waals surface area (Å²) >= 11 is 0. The van der Waals surface area contributed by atoms with E-state index in [9.17, 15) is 4.89 Å². The Kier molecular flexibility index (Phi) is 5.93. The van der Waals surface area contributed by atoms with Gasteiger partial charge in [0.05, 0.1) is 7.77 Å². The molecule has 3 rings (SSSR count). The summed E-state index contributed by atoms with van der Waals surface area (Å²) in [5.41, 5.74) is 1.54. The van der Waals surface area contributed by atoms with Gasteiger partial charge in [0.1, 0.15) is 10.4 Å². The van der Waals surface area contributed by atoms with Crippen molar-refractivity contribution in [3.05, 3.63) is 84.5 Å². The number of allylic oxidation sites excluding steroid dienone is 4. The molecule has 2 atom stereocenters. The Hall–Kier alpha value is -1.52. The molecule has 26 heavy (non-hydrogen) atoms. The minimum atomic E-state index is -1.44. The van der Waals surface area contributed by atoms with Crippen LogP contribution in [0.1, 0.15) is 27.7 Å². The van der Waals surface area contributed by atoms with Crippen LogP contribution in [0.25, 0.3) is 0 Å². The summed E-state index contributed by atoms with van der Waals surface area (Å²) in [6.45, 7) is 8.47. The highest BCUT2D eigenvalue weighted by Crippen LogP contribution is 2.46. The number of benzene rings is 2. The summed E-state index contributed by atoms with van der Waals surface area (Å²) in [6.07, 6.45) is 6.28. The predicted octanol–water partition coefficient (Wildman–Crippen LogP) is 4.73. The van der Waals surface area contributed by atoms with Gasteiger partial charge in [0.25, 0.3) is 0 Å². The van der Waals surface area contributed by atoms with Gasteiger partial charge in [-0.05, 0) is 45.4 Å².